The van der Waals surface area contributed by atoms with Crippen molar-refractivity contribution in [1.82, 2.24) is 14.5 Å². The van der Waals surface area contributed by atoms with Gasteiger partial charge in [0, 0.05) is 20.2 Å². The molecule has 0 bridgehead atoms. The largest absolute Gasteiger partial charge is 0.486 e. The standard InChI is InChI=1S/C25H27N3O5S/c1-27(14-17-8-9-21-22(13-17)33-12-11-32-21)23(29)16-34-25-26-20-7-3-2-6-19(20)24(30)28(25)15-18-5-4-10-31-18/h2-3,6-9,13,18H,4-5,10-12,14-16H2,1H3. The normalized spacial score (nSPS) is 17.1. The van der Waals surface area contributed by atoms with Gasteiger partial charge in [0.1, 0.15) is 13.2 Å². The molecular weight excluding hydrogens is 454 g/mol. The SMILES string of the molecule is CN(Cc1ccc2c(c1)OCCO2)C(=O)CSc1nc2ccccc2c(=O)n1CC1CCCO1. The van der Waals surface area contributed by atoms with E-state index in [-0.39, 0.29) is 23.3 Å². The van der Waals surface area contributed by atoms with Crippen LogP contribution in [0.3, 0.4) is 0 Å². The average molecular weight is 482 g/mol. The minimum absolute atomic E-state index is 0.00593. The summed E-state index contributed by atoms with van der Waals surface area (Å²) >= 11 is 1.29. The maximum absolute atomic E-state index is 13.2. The Morgan fingerprint density at radius 3 is 2.79 bits per heavy atom. The number of carbonyl (C=O) groups excluding carboxylic acids is 1. The lowest BCUT2D eigenvalue weighted by molar-refractivity contribution is -0.127. The molecule has 1 saturated heterocycles. The van der Waals surface area contributed by atoms with Gasteiger partial charge in [0.25, 0.3) is 5.56 Å². The van der Waals surface area contributed by atoms with Crippen LogP contribution < -0.4 is 15.0 Å². The van der Waals surface area contributed by atoms with Gasteiger partial charge in [0.15, 0.2) is 16.7 Å². The molecule has 0 N–H and O–H groups in total. The lowest BCUT2D eigenvalue weighted by atomic mass is 10.2. The third-order valence-corrected chi connectivity index (χ3v) is 6.97. The van der Waals surface area contributed by atoms with E-state index in [4.69, 9.17) is 19.2 Å². The molecule has 3 aromatic rings. The molecule has 1 atom stereocenters. The zero-order chi connectivity index (χ0) is 23.5. The fourth-order valence-corrected chi connectivity index (χ4v) is 5.14. The van der Waals surface area contributed by atoms with E-state index >= 15 is 0 Å². The monoisotopic (exact) mass is 481 g/mol. The van der Waals surface area contributed by atoms with E-state index in [0.717, 1.165) is 24.2 Å². The minimum atomic E-state index is -0.0966. The van der Waals surface area contributed by atoms with Gasteiger partial charge in [0.05, 0.1) is 29.3 Å². The number of ether oxygens (including phenoxy) is 3. The minimum Gasteiger partial charge on any atom is -0.486 e. The second-order valence-electron chi connectivity index (χ2n) is 8.48. The van der Waals surface area contributed by atoms with E-state index in [1.807, 2.05) is 36.4 Å². The number of para-hydroxylation sites is 1. The Kier molecular flexibility index (Phi) is 6.73. The van der Waals surface area contributed by atoms with Crippen molar-refractivity contribution in [3.63, 3.8) is 0 Å². The number of carbonyl (C=O) groups is 1. The number of benzene rings is 2. The summed E-state index contributed by atoms with van der Waals surface area (Å²) in [4.78, 5) is 32.5. The molecule has 0 saturated carbocycles. The van der Waals surface area contributed by atoms with Gasteiger partial charge >= 0.3 is 0 Å². The Bertz CT molecular complexity index is 1260. The van der Waals surface area contributed by atoms with Crippen molar-refractivity contribution < 1.29 is 19.0 Å². The number of nitrogens with zero attached hydrogens (tertiary/aromatic N) is 3. The third kappa shape index (κ3) is 4.90. The van der Waals surface area contributed by atoms with Crippen LogP contribution in [0.15, 0.2) is 52.4 Å². The summed E-state index contributed by atoms with van der Waals surface area (Å²) in [5.41, 5.74) is 1.50. The molecule has 0 aliphatic carbocycles. The molecule has 1 aromatic heterocycles. The third-order valence-electron chi connectivity index (χ3n) is 6.01. The molecule has 2 aliphatic heterocycles. The Morgan fingerprint density at radius 1 is 1.15 bits per heavy atom. The zero-order valence-corrected chi connectivity index (χ0v) is 19.9. The van der Waals surface area contributed by atoms with Crippen molar-refractivity contribution in [1.29, 1.82) is 0 Å². The number of amides is 1. The fourth-order valence-electron chi connectivity index (χ4n) is 4.20. The summed E-state index contributed by atoms with van der Waals surface area (Å²) < 4.78 is 18.6. The molecule has 3 heterocycles. The van der Waals surface area contributed by atoms with Gasteiger partial charge < -0.3 is 19.1 Å². The summed E-state index contributed by atoms with van der Waals surface area (Å²) in [6.07, 6.45) is 1.90. The van der Waals surface area contributed by atoms with Gasteiger partial charge in [0.2, 0.25) is 5.91 Å². The highest BCUT2D eigenvalue weighted by Gasteiger charge is 2.21. The van der Waals surface area contributed by atoms with E-state index in [9.17, 15) is 9.59 Å². The predicted octanol–water partition coefficient (Wildman–Crippen LogP) is 3.10. The van der Waals surface area contributed by atoms with Crippen LogP contribution in [0.25, 0.3) is 10.9 Å². The molecule has 8 nitrogen and oxygen atoms in total. The molecule has 1 unspecified atom stereocenters. The molecule has 1 fully saturated rings. The summed E-state index contributed by atoms with van der Waals surface area (Å²) in [7, 11) is 1.77. The first-order valence-electron chi connectivity index (χ1n) is 11.4. The molecular formula is C25H27N3O5S. The van der Waals surface area contributed by atoms with Crippen LogP contribution in [0.4, 0.5) is 0 Å². The van der Waals surface area contributed by atoms with Gasteiger partial charge in [-0.15, -0.1) is 0 Å². The Hall–Kier alpha value is -3.04. The van der Waals surface area contributed by atoms with Crippen molar-refractivity contribution >= 4 is 28.6 Å². The maximum atomic E-state index is 13.2. The number of thioether (sulfide) groups is 1. The topological polar surface area (TPSA) is 82.9 Å². The van der Waals surface area contributed by atoms with Crippen molar-refractivity contribution in [2.45, 2.75) is 37.2 Å². The highest BCUT2D eigenvalue weighted by Crippen LogP contribution is 2.31. The molecule has 9 heteroatoms. The molecule has 34 heavy (non-hydrogen) atoms. The van der Waals surface area contributed by atoms with E-state index < -0.39 is 0 Å². The molecule has 178 valence electrons. The number of hydrogen-bond acceptors (Lipinski definition) is 7. The number of hydrogen-bond donors (Lipinski definition) is 0. The van der Waals surface area contributed by atoms with Crippen LogP contribution in [-0.4, -0.2) is 59.1 Å². The number of aromatic nitrogens is 2. The first kappa shape index (κ1) is 22.7. The lowest BCUT2D eigenvalue weighted by Crippen LogP contribution is -2.30. The van der Waals surface area contributed by atoms with Crippen LogP contribution in [0, 0.1) is 0 Å². The van der Waals surface area contributed by atoms with Gasteiger partial charge in [-0.1, -0.05) is 30.0 Å². The second kappa shape index (κ2) is 10.1. The quantitative estimate of drug-likeness (QED) is 0.379. The first-order valence-corrected chi connectivity index (χ1v) is 12.4. The lowest BCUT2D eigenvalue weighted by Gasteiger charge is -2.21. The first-order chi connectivity index (χ1) is 16.6. The molecule has 2 aromatic carbocycles. The predicted molar refractivity (Wildman–Crippen MR) is 130 cm³/mol. The van der Waals surface area contributed by atoms with Crippen LogP contribution in [0.5, 0.6) is 11.5 Å². The zero-order valence-electron chi connectivity index (χ0n) is 19.1. The Morgan fingerprint density at radius 2 is 1.97 bits per heavy atom. The fraction of sp³-hybridized carbons (Fsp3) is 0.400. The molecule has 1 amide bonds. The maximum Gasteiger partial charge on any atom is 0.262 e. The van der Waals surface area contributed by atoms with Crippen molar-refractivity contribution in [2.75, 3.05) is 32.6 Å². The van der Waals surface area contributed by atoms with E-state index in [2.05, 4.69) is 0 Å². The molecule has 2 aliphatic rings. The number of rotatable bonds is 7. The Labute approximate surface area is 201 Å². The van der Waals surface area contributed by atoms with Gasteiger partial charge in [-0.3, -0.25) is 14.2 Å². The van der Waals surface area contributed by atoms with Crippen LogP contribution in [0.1, 0.15) is 18.4 Å². The van der Waals surface area contributed by atoms with Crippen molar-refractivity contribution in [3.8, 4) is 11.5 Å². The van der Waals surface area contributed by atoms with Gasteiger partial charge in [-0.25, -0.2) is 4.98 Å². The smallest absolute Gasteiger partial charge is 0.262 e. The van der Waals surface area contributed by atoms with E-state index in [1.165, 1.54) is 11.8 Å². The van der Waals surface area contributed by atoms with E-state index in [0.29, 0.717) is 54.7 Å². The van der Waals surface area contributed by atoms with Crippen LogP contribution >= 0.6 is 11.8 Å². The van der Waals surface area contributed by atoms with Crippen molar-refractivity contribution in [3.05, 3.63) is 58.4 Å². The molecule has 0 spiro atoms. The summed E-state index contributed by atoms with van der Waals surface area (Å²) in [6, 6.07) is 13.0. The Balaban J connectivity index is 1.30. The summed E-state index contributed by atoms with van der Waals surface area (Å²) in [5.74, 6) is 1.56. The highest BCUT2D eigenvalue weighted by atomic mass is 32.2. The highest BCUT2D eigenvalue weighted by molar-refractivity contribution is 7.99. The van der Waals surface area contributed by atoms with Gasteiger partial charge in [-0.2, -0.15) is 0 Å². The number of fused-ring (bicyclic) bond motifs is 2. The second-order valence-corrected chi connectivity index (χ2v) is 9.42. The average Bonchev–Trinajstić information content (AvgIpc) is 3.38. The van der Waals surface area contributed by atoms with Crippen molar-refractivity contribution in [2.24, 2.45) is 0 Å². The molecule has 0 radical (unpaired) electrons. The molecule has 5 rings (SSSR count). The summed E-state index contributed by atoms with van der Waals surface area (Å²) in [6.45, 7) is 2.67. The van der Waals surface area contributed by atoms with Gasteiger partial charge in [-0.05, 0) is 42.7 Å². The summed E-state index contributed by atoms with van der Waals surface area (Å²) in [5, 5.41) is 1.12. The van der Waals surface area contributed by atoms with Crippen LogP contribution in [0.2, 0.25) is 0 Å². The van der Waals surface area contributed by atoms with E-state index in [1.54, 1.807) is 22.6 Å². The van der Waals surface area contributed by atoms with Crippen LogP contribution in [-0.2, 0) is 22.6 Å².